The second kappa shape index (κ2) is 13.5. The largest absolute Gasteiger partial charge is 0.481 e. The van der Waals surface area contributed by atoms with E-state index in [9.17, 15) is 13.6 Å². The van der Waals surface area contributed by atoms with Crippen LogP contribution in [0.3, 0.4) is 0 Å². The van der Waals surface area contributed by atoms with Crippen LogP contribution in [0.5, 0.6) is 5.88 Å². The predicted molar refractivity (Wildman–Crippen MR) is 159 cm³/mol. The first-order valence-electron chi connectivity index (χ1n) is 12.9. The third-order valence-electron chi connectivity index (χ3n) is 5.79. The number of pyridine rings is 2. The standard InChI is InChI=1S/C16H13FN4O.C15H11FN4O/c1-22-15-6-5-11(10-19-15)14-7-8-18-16(21-14)20-13-4-2-3-12(17)9-13;16-11-2-1-3-12(8-11)19-15-17-7-6-13(20-15)10-4-5-14(21)18-9-10/h2-10H,1H3,(H,18,20,21);1-9H,(H,18,21)(H,17,19,20). The van der Waals surface area contributed by atoms with Gasteiger partial charge < -0.3 is 20.4 Å². The van der Waals surface area contributed by atoms with Crippen molar-refractivity contribution >= 4 is 23.3 Å². The van der Waals surface area contributed by atoms with Gasteiger partial charge in [-0.1, -0.05) is 12.1 Å². The van der Waals surface area contributed by atoms with Crippen LogP contribution in [-0.4, -0.2) is 37.0 Å². The average molecular weight is 579 g/mol. The topological polar surface area (TPSA) is 131 Å². The first-order chi connectivity index (χ1) is 20.9. The van der Waals surface area contributed by atoms with Gasteiger partial charge in [-0.3, -0.25) is 4.79 Å². The van der Waals surface area contributed by atoms with Crippen molar-refractivity contribution in [3.8, 4) is 28.4 Å². The second-order valence-electron chi connectivity index (χ2n) is 8.83. The van der Waals surface area contributed by atoms with E-state index in [1.807, 2.05) is 6.07 Å². The zero-order valence-corrected chi connectivity index (χ0v) is 22.7. The molecule has 0 bridgehead atoms. The van der Waals surface area contributed by atoms with E-state index in [0.29, 0.717) is 40.5 Å². The average Bonchev–Trinajstić information content (AvgIpc) is 3.02. The predicted octanol–water partition coefficient (Wildman–Crippen LogP) is 6.14. The number of aromatic nitrogens is 6. The van der Waals surface area contributed by atoms with Crippen molar-refractivity contribution < 1.29 is 13.5 Å². The van der Waals surface area contributed by atoms with Gasteiger partial charge in [-0.25, -0.2) is 33.7 Å². The summed E-state index contributed by atoms with van der Waals surface area (Å²) >= 11 is 0. The first kappa shape index (κ1) is 28.5. The quantitative estimate of drug-likeness (QED) is 0.204. The summed E-state index contributed by atoms with van der Waals surface area (Å²) in [6.45, 7) is 0. The summed E-state index contributed by atoms with van der Waals surface area (Å²) in [5.41, 5.74) is 3.94. The summed E-state index contributed by atoms with van der Waals surface area (Å²) in [7, 11) is 1.56. The van der Waals surface area contributed by atoms with Gasteiger partial charge in [0, 0.05) is 59.4 Å². The molecule has 0 amide bonds. The zero-order chi connectivity index (χ0) is 30.0. The molecule has 10 nitrogen and oxygen atoms in total. The van der Waals surface area contributed by atoms with Crippen molar-refractivity contribution in [2.24, 2.45) is 0 Å². The van der Waals surface area contributed by atoms with Gasteiger partial charge in [-0.05, 0) is 60.7 Å². The highest BCUT2D eigenvalue weighted by atomic mass is 19.1. The highest BCUT2D eigenvalue weighted by molar-refractivity contribution is 5.62. The highest BCUT2D eigenvalue weighted by Crippen LogP contribution is 2.21. The highest BCUT2D eigenvalue weighted by Gasteiger charge is 2.06. The molecule has 0 aliphatic heterocycles. The number of aromatic amines is 1. The molecule has 4 heterocycles. The van der Waals surface area contributed by atoms with Crippen molar-refractivity contribution in [1.29, 1.82) is 0 Å². The number of halogens is 2. The third-order valence-corrected chi connectivity index (χ3v) is 5.79. The fraction of sp³-hybridized carbons (Fsp3) is 0.0323. The number of hydrogen-bond donors (Lipinski definition) is 3. The molecule has 3 N–H and O–H groups in total. The van der Waals surface area contributed by atoms with Gasteiger partial charge in [0.2, 0.25) is 23.3 Å². The molecular weight excluding hydrogens is 554 g/mol. The molecule has 214 valence electrons. The molecule has 2 aromatic carbocycles. The second-order valence-corrected chi connectivity index (χ2v) is 8.83. The van der Waals surface area contributed by atoms with Crippen LogP contribution < -0.4 is 20.9 Å². The number of methoxy groups -OCH3 is 1. The Balaban J connectivity index is 0.000000171. The lowest BCUT2D eigenvalue weighted by molar-refractivity contribution is 0.398. The fourth-order valence-corrected chi connectivity index (χ4v) is 3.77. The monoisotopic (exact) mass is 578 g/mol. The maximum Gasteiger partial charge on any atom is 0.247 e. The minimum atomic E-state index is -0.336. The van der Waals surface area contributed by atoms with E-state index in [-0.39, 0.29) is 17.2 Å². The van der Waals surface area contributed by atoms with Gasteiger partial charge >= 0.3 is 0 Å². The van der Waals surface area contributed by atoms with Crippen LogP contribution in [0.1, 0.15) is 0 Å². The number of hydrogen-bond acceptors (Lipinski definition) is 9. The van der Waals surface area contributed by atoms with Gasteiger partial charge in [-0.15, -0.1) is 0 Å². The van der Waals surface area contributed by atoms with E-state index in [2.05, 4.69) is 40.5 Å². The van der Waals surface area contributed by atoms with Crippen LogP contribution in [0.2, 0.25) is 0 Å². The molecule has 6 rings (SSSR count). The Morgan fingerprint density at radius 2 is 1.28 bits per heavy atom. The third kappa shape index (κ3) is 8.01. The van der Waals surface area contributed by atoms with E-state index >= 15 is 0 Å². The Morgan fingerprint density at radius 3 is 1.77 bits per heavy atom. The summed E-state index contributed by atoms with van der Waals surface area (Å²) in [5, 5.41) is 5.90. The molecule has 0 fully saturated rings. The molecular formula is C31H24F2N8O2. The fourth-order valence-electron chi connectivity index (χ4n) is 3.77. The summed E-state index contributed by atoms with van der Waals surface area (Å²) in [6, 6.07) is 22.4. The van der Waals surface area contributed by atoms with E-state index in [4.69, 9.17) is 4.74 Å². The van der Waals surface area contributed by atoms with Crippen LogP contribution in [0.15, 0.2) is 115 Å². The van der Waals surface area contributed by atoms with Crippen molar-refractivity contribution in [1.82, 2.24) is 29.9 Å². The van der Waals surface area contributed by atoms with Crippen molar-refractivity contribution in [3.05, 3.63) is 132 Å². The maximum absolute atomic E-state index is 13.2. The number of nitrogens with zero attached hydrogens (tertiary/aromatic N) is 5. The molecule has 0 saturated carbocycles. The van der Waals surface area contributed by atoms with E-state index in [0.717, 1.165) is 11.1 Å². The molecule has 0 saturated heterocycles. The van der Waals surface area contributed by atoms with Crippen LogP contribution in [0.4, 0.5) is 32.1 Å². The van der Waals surface area contributed by atoms with E-state index < -0.39 is 0 Å². The van der Waals surface area contributed by atoms with Gasteiger partial charge in [0.15, 0.2) is 0 Å². The molecule has 0 unspecified atom stereocenters. The van der Waals surface area contributed by atoms with Gasteiger partial charge in [0.1, 0.15) is 11.6 Å². The SMILES string of the molecule is COc1ccc(-c2ccnc(Nc3cccc(F)c3)n2)cn1.O=c1ccc(-c2ccnc(Nc3cccc(F)c3)n2)c[nH]1. The minimum absolute atomic E-state index is 0.175. The normalized spacial score (nSPS) is 10.3. The Kier molecular flexibility index (Phi) is 8.97. The lowest BCUT2D eigenvalue weighted by Gasteiger charge is -2.07. The van der Waals surface area contributed by atoms with Crippen LogP contribution in [0, 0.1) is 11.6 Å². The lowest BCUT2D eigenvalue weighted by Crippen LogP contribution is -2.02. The molecule has 0 aliphatic rings. The molecule has 0 atom stereocenters. The first-order valence-corrected chi connectivity index (χ1v) is 12.9. The van der Waals surface area contributed by atoms with Crippen LogP contribution in [0.25, 0.3) is 22.5 Å². The van der Waals surface area contributed by atoms with Crippen molar-refractivity contribution in [3.63, 3.8) is 0 Å². The molecule has 4 aromatic heterocycles. The molecule has 0 radical (unpaired) electrons. The molecule has 43 heavy (non-hydrogen) atoms. The van der Waals surface area contributed by atoms with Gasteiger partial charge in [-0.2, -0.15) is 0 Å². The Bertz CT molecular complexity index is 1860. The van der Waals surface area contributed by atoms with E-state index in [1.165, 1.54) is 30.3 Å². The minimum Gasteiger partial charge on any atom is -0.481 e. The number of ether oxygens (including phenoxy) is 1. The Morgan fingerprint density at radius 1 is 0.698 bits per heavy atom. The maximum atomic E-state index is 13.2. The van der Waals surface area contributed by atoms with Crippen molar-refractivity contribution in [2.45, 2.75) is 0 Å². The molecule has 0 aliphatic carbocycles. The number of benzene rings is 2. The smallest absolute Gasteiger partial charge is 0.247 e. The Labute approximate surface area is 244 Å². The summed E-state index contributed by atoms with van der Waals surface area (Å²) < 4.78 is 31.3. The number of H-pyrrole nitrogens is 1. The van der Waals surface area contributed by atoms with Crippen LogP contribution >= 0.6 is 0 Å². The van der Waals surface area contributed by atoms with Gasteiger partial charge in [0.05, 0.1) is 18.5 Å². The molecule has 6 aromatic rings. The molecule has 12 heteroatoms. The van der Waals surface area contributed by atoms with Gasteiger partial charge in [0.25, 0.3) is 0 Å². The Hall–Kier alpha value is -6.04. The van der Waals surface area contributed by atoms with Crippen molar-refractivity contribution in [2.75, 3.05) is 17.7 Å². The summed E-state index contributed by atoms with van der Waals surface area (Å²) in [6.07, 6.45) is 6.48. The van der Waals surface area contributed by atoms with E-state index in [1.54, 1.807) is 80.4 Å². The van der Waals surface area contributed by atoms with Crippen LogP contribution in [-0.2, 0) is 0 Å². The number of rotatable bonds is 7. The lowest BCUT2D eigenvalue weighted by atomic mass is 10.2. The summed E-state index contributed by atoms with van der Waals surface area (Å²) in [4.78, 5) is 34.7. The molecule has 0 spiro atoms. The summed E-state index contributed by atoms with van der Waals surface area (Å²) in [5.74, 6) is 0.622. The number of anilines is 4. The number of nitrogens with one attached hydrogen (secondary N) is 3. The zero-order valence-electron chi connectivity index (χ0n) is 22.7.